The largest absolute Gasteiger partial charge is 0.492 e. The maximum atomic E-state index is 13.0. The Morgan fingerprint density at radius 2 is 1.93 bits per heavy atom. The van der Waals surface area contributed by atoms with Crippen LogP contribution in [0.15, 0.2) is 30.4 Å². The van der Waals surface area contributed by atoms with E-state index in [0.29, 0.717) is 47.7 Å². The number of carbonyl (C=O) groups is 2. The summed E-state index contributed by atoms with van der Waals surface area (Å²) in [4.78, 5) is 24.9. The molecule has 0 saturated heterocycles. The highest BCUT2D eigenvalue weighted by molar-refractivity contribution is 5.99. The van der Waals surface area contributed by atoms with E-state index in [1.54, 1.807) is 18.2 Å². The minimum absolute atomic E-state index is 0.0890. The molecular weight excluding hydrogens is 352 g/mol. The number of esters is 1. The van der Waals surface area contributed by atoms with Crippen molar-refractivity contribution in [1.29, 1.82) is 0 Å². The summed E-state index contributed by atoms with van der Waals surface area (Å²) in [6.07, 6.45) is 3.74. The number of rotatable bonds is 8. The fraction of sp³-hybridized carbons (Fsp3) is 0.583. The Hall–Kier alpha value is -2.10. The summed E-state index contributed by atoms with van der Waals surface area (Å²) in [5.41, 5.74) is 1.83. The zero-order valence-corrected chi connectivity index (χ0v) is 17.9. The molecule has 2 rings (SSSR count). The molecule has 1 aliphatic carbocycles. The molecule has 0 heterocycles. The number of carbonyl (C=O) groups excluding carboxylic acids is 2. The highest BCUT2D eigenvalue weighted by Gasteiger charge is 2.34. The van der Waals surface area contributed by atoms with Crippen molar-refractivity contribution in [2.75, 3.05) is 6.61 Å². The average molecular weight is 387 g/mol. The number of hydrogen-bond acceptors (Lipinski definition) is 4. The van der Waals surface area contributed by atoms with E-state index in [0.717, 1.165) is 18.4 Å². The predicted molar refractivity (Wildman–Crippen MR) is 112 cm³/mol. The highest BCUT2D eigenvalue weighted by atomic mass is 16.5. The third-order valence-corrected chi connectivity index (χ3v) is 5.61. The van der Waals surface area contributed by atoms with Crippen molar-refractivity contribution in [1.82, 2.24) is 0 Å². The van der Waals surface area contributed by atoms with E-state index in [2.05, 4.69) is 27.4 Å². The van der Waals surface area contributed by atoms with Gasteiger partial charge in [-0.15, -0.1) is 6.58 Å². The second kappa shape index (κ2) is 9.90. The summed E-state index contributed by atoms with van der Waals surface area (Å²) >= 11 is 0. The number of Topliss-reactive ketones (excluding diaryl/α,β-unsaturated/α-hetero) is 1. The van der Waals surface area contributed by atoms with Gasteiger partial charge in [0.05, 0.1) is 6.61 Å². The van der Waals surface area contributed by atoms with Gasteiger partial charge in [0.15, 0.2) is 5.78 Å². The van der Waals surface area contributed by atoms with Gasteiger partial charge in [0, 0.05) is 12.0 Å². The summed E-state index contributed by atoms with van der Waals surface area (Å²) in [5, 5.41) is 0. The smallest absolute Gasteiger partial charge is 0.342 e. The molecule has 1 aromatic carbocycles. The van der Waals surface area contributed by atoms with Gasteiger partial charge < -0.3 is 9.47 Å². The van der Waals surface area contributed by atoms with Crippen LogP contribution in [0.2, 0.25) is 0 Å². The van der Waals surface area contributed by atoms with E-state index in [9.17, 15) is 9.59 Å². The molecule has 0 amide bonds. The first-order valence-corrected chi connectivity index (χ1v) is 10.3. The summed E-state index contributed by atoms with van der Waals surface area (Å²) in [7, 11) is 0. The van der Waals surface area contributed by atoms with Gasteiger partial charge in [-0.25, -0.2) is 4.79 Å². The zero-order valence-electron chi connectivity index (χ0n) is 17.9. The van der Waals surface area contributed by atoms with Crippen LogP contribution in [-0.4, -0.2) is 24.5 Å². The molecule has 0 aliphatic heterocycles. The molecule has 1 fully saturated rings. The van der Waals surface area contributed by atoms with Crippen molar-refractivity contribution >= 4 is 11.8 Å². The Labute approximate surface area is 169 Å². The second-order valence-electron chi connectivity index (χ2n) is 8.59. The molecule has 1 aliphatic rings. The standard InChI is InChI=1S/C24H34O4/c1-15(2)11-12-27-22-10-8-19(18(6)25)14-21(22)24(26)28-23-13-17(5)7-9-20(23)16(3)4/h8,10,14,16-17,20,23H,1,7,9,11-13H2,2-6H3/t17-,20+,23-/m1/s1. The quantitative estimate of drug-likeness (QED) is 0.319. The maximum Gasteiger partial charge on any atom is 0.342 e. The molecular formula is C24H34O4. The van der Waals surface area contributed by atoms with E-state index in [1.807, 2.05) is 6.92 Å². The van der Waals surface area contributed by atoms with Crippen LogP contribution in [0.3, 0.4) is 0 Å². The fourth-order valence-electron chi connectivity index (χ4n) is 3.82. The van der Waals surface area contributed by atoms with Gasteiger partial charge >= 0.3 is 5.97 Å². The van der Waals surface area contributed by atoms with Crippen LogP contribution in [0.25, 0.3) is 0 Å². The van der Waals surface area contributed by atoms with Gasteiger partial charge in [0.2, 0.25) is 0 Å². The Balaban J connectivity index is 2.24. The van der Waals surface area contributed by atoms with Gasteiger partial charge in [-0.2, -0.15) is 0 Å². The van der Waals surface area contributed by atoms with Crippen molar-refractivity contribution in [3.8, 4) is 5.75 Å². The van der Waals surface area contributed by atoms with Gasteiger partial charge in [-0.05, 0) is 62.6 Å². The van der Waals surface area contributed by atoms with Gasteiger partial charge in [0.25, 0.3) is 0 Å². The lowest BCUT2D eigenvalue weighted by Gasteiger charge is -2.36. The summed E-state index contributed by atoms with van der Waals surface area (Å²) in [6, 6.07) is 4.97. The fourth-order valence-corrected chi connectivity index (χ4v) is 3.82. The van der Waals surface area contributed by atoms with Crippen molar-refractivity contribution in [3.63, 3.8) is 0 Å². The minimum atomic E-state index is -0.404. The van der Waals surface area contributed by atoms with Crippen LogP contribution in [0.1, 0.15) is 81.0 Å². The number of hydrogen-bond donors (Lipinski definition) is 0. The van der Waals surface area contributed by atoms with E-state index < -0.39 is 5.97 Å². The van der Waals surface area contributed by atoms with Crippen LogP contribution >= 0.6 is 0 Å². The normalized spacial score (nSPS) is 22.0. The first kappa shape index (κ1) is 22.2. The van der Waals surface area contributed by atoms with E-state index in [1.165, 1.54) is 13.3 Å². The van der Waals surface area contributed by atoms with E-state index in [4.69, 9.17) is 9.47 Å². The summed E-state index contributed by atoms with van der Waals surface area (Å²) in [5.74, 6) is 1.33. The SMILES string of the molecule is C=C(C)CCOc1ccc(C(C)=O)cc1C(=O)O[C@@H]1C[C@H](C)CC[C@H]1C(C)C. The third kappa shape index (κ3) is 5.95. The Morgan fingerprint density at radius 3 is 2.54 bits per heavy atom. The number of ether oxygens (including phenoxy) is 2. The second-order valence-corrected chi connectivity index (χ2v) is 8.59. The van der Waals surface area contributed by atoms with E-state index in [-0.39, 0.29) is 11.9 Å². The highest BCUT2D eigenvalue weighted by Crippen LogP contribution is 2.36. The lowest BCUT2D eigenvalue weighted by molar-refractivity contribution is -0.0176. The Bertz CT molecular complexity index is 719. The molecule has 3 atom stereocenters. The molecule has 0 aromatic heterocycles. The minimum Gasteiger partial charge on any atom is -0.492 e. The molecule has 0 bridgehead atoms. The Morgan fingerprint density at radius 1 is 1.21 bits per heavy atom. The average Bonchev–Trinajstić information content (AvgIpc) is 2.61. The monoisotopic (exact) mass is 386 g/mol. The molecule has 154 valence electrons. The van der Waals surface area contributed by atoms with Crippen LogP contribution < -0.4 is 4.74 Å². The molecule has 28 heavy (non-hydrogen) atoms. The lowest BCUT2D eigenvalue weighted by atomic mass is 9.75. The third-order valence-electron chi connectivity index (χ3n) is 5.61. The van der Waals surface area contributed by atoms with Gasteiger partial charge in [-0.3, -0.25) is 4.79 Å². The van der Waals surface area contributed by atoms with Crippen LogP contribution in [0.5, 0.6) is 5.75 Å². The van der Waals surface area contributed by atoms with Crippen molar-refractivity contribution in [2.24, 2.45) is 17.8 Å². The van der Waals surface area contributed by atoms with Crippen LogP contribution in [0, 0.1) is 17.8 Å². The lowest BCUT2D eigenvalue weighted by Crippen LogP contribution is -2.36. The molecule has 4 heteroatoms. The molecule has 0 radical (unpaired) electrons. The van der Waals surface area contributed by atoms with Gasteiger partial charge in [-0.1, -0.05) is 32.8 Å². The maximum absolute atomic E-state index is 13.0. The predicted octanol–water partition coefficient (Wildman–Crippen LogP) is 5.85. The Kier molecular flexibility index (Phi) is 7.85. The van der Waals surface area contributed by atoms with Crippen molar-refractivity contribution in [3.05, 3.63) is 41.5 Å². The van der Waals surface area contributed by atoms with Crippen molar-refractivity contribution < 1.29 is 19.1 Å². The van der Waals surface area contributed by atoms with Crippen LogP contribution in [-0.2, 0) is 4.74 Å². The van der Waals surface area contributed by atoms with Crippen LogP contribution in [0.4, 0.5) is 0 Å². The number of ketones is 1. The molecule has 4 nitrogen and oxygen atoms in total. The summed E-state index contributed by atoms with van der Waals surface area (Å²) < 4.78 is 11.8. The zero-order chi connectivity index (χ0) is 20.8. The number of benzene rings is 1. The molecule has 0 spiro atoms. The topological polar surface area (TPSA) is 52.6 Å². The molecule has 0 unspecified atom stereocenters. The molecule has 0 N–H and O–H groups in total. The first-order valence-electron chi connectivity index (χ1n) is 10.3. The first-order chi connectivity index (χ1) is 13.2. The molecule has 1 saturated carbocycles. The summed E-state index contributed by atoms with van der Waals surface area (Å²) in [6.45, 7) is 14.3. The molecule has 1 aromatic rings. The van der Waals surface area contributed by atoms with Crippen molar-refractivity contribution in [2.45, 2.75) is 66.4 Å². The van der Waals surface area contributed by atoms with E-state index >= 15 is 0 Å². The van der Waals surface area contributed by atoms with Gasteiger partial charge in [0.1, 0.15) is 17.4 Å².